The zero-order chi connectivity index (χ0) is 15.9. The summed E-state index contributed by atoms with van der Waals surface area (Å²) in [7, 11) is 1.93. The average molecular weight is 303 g/mol. The van der Waals surface area contributed by atoms with Gasteiger partial charge in [-0.2, -0.15) is 0 Å². The molecule has 0 unspecified atom stereocenters. The number of carbonyl (C=O) groups is 1. The number of carbonyl (C=O) groups excluding carboxylic acids is 1. The van der Waals surface area contributed by atoms with E-state index >= 15 is 0 Å². The van der Waals surface area contributed by atoms with Gasteiger partial charge in [0.2, 0.25) is 0 Å². The van der Waals surface area contributed by atoms with E-state index in [-0.39, 0.29) is 12.4 Å². The van der Waals surface area contributed by atoms with Crippen LogP contribution in [-0.4, -0.2) is 25.7 Å². The highest BCUT2D eigenvalue weighted by atomic mass is 19.1. The van der Waals surface area contributed by atoms with E-state index in [1.54, 1.807) is 12.1 Å². The summed E-state index contributed by atoms with van der Waals surface area (Å²) in [4.78, 5) is 13.5. The lowest BCUT2D eigenvalue weighted by molar-refractivity contribution is 0.253. The molecule has 0 radical (unpaired) electrons. The number of urea groups is 1. The van der Waals surface area contributed by atoms with E-state index in [4.69, 9.17) is 6.42 Å². The van der Waals surface area contributed by atoms with Crippen LogP contribution in [0.4, 0.5) is 20.6 Å². The Morgan fingerprint density at radius 3 is 2.77 bits per heavy atom. The maximum atomic E-state index is 14.3. The summed E-state index contributed by atoms with van der Waals surface area (Å²) in [6.45, 7) is 0.136. The standard InChI is InChI=1S/C17H22FN3O/c1-3-11-19-17(22)20-13-9-10-16(15(18)12-13)21(2)14-7-5-4-6-8-14/h1,9-10,12,14H,4-8,11H2,2H3,(H2,19,20,22). The van der Waals surface area contributed by atoms with E-state index in [9.17, 15) is 9.18 Å². The first kappa shape index (κ1) is 16.2. The van der Waals surface area contributed by atoms with Gasteiger partial charge in [0.15, 0.2) is 0 Å². The minimum Gasteiger partial charge on any atom is -0.369 e. The normalized spacial score (nSPS) is 15.0. The maximum Gasteiger partial charge on any atom is 0.319 e. The van der Waals surface area contributed by atoms with Crippen molar-refractivity contribution < 1.29 is 9.18 Å². The van der Waals surface area contributed by atoms with Crippen molar-refractivity contribution in [2.24, 2.45) is 0 Å². The first-order valence-electron chi connectivity index (χ1n) is 7.62. The summed E-state index contributed by atoms with van der Waals surface area (Å²) in [5, 5.41) is 5.03. The van der Waals surface area contributed by atoms with Gasteiger partial charge in [-0.3, -0.25) is 0 Å². The van der Waals surface area contributed by atoms with Crippen LogP contribution in [0, 0.1) is 18.2 Å². The number of terminal acetylenes is 1. The minimum atomic E-state index is -0.439. The topological polar surface area (TPSA) is 44.4 Å². The highest BCUT2D eigenvalue weighted by molar-refractivity contribution is 5.89. The minimum absolute atomic E-state index is 0.136. The quantitative estimate of drug-likeness (QED) is 0.838. The van der Waals surface area contributed by atoms with Crippen molar-refractivity contribution in [3.63, 3.8) is 0 Å². The predicted molar refractivity (Wildman–Crippen MR) is 87.5 cm³/mol. The maximum absolute atomic E-state index is 14.3. The number of rotatable bonds is 4. The zero-order valence-corrected chi connectivity index (χ0v) is 12.9. The number of hydrogen-bond donors (Lipinski definition) is 2. The van der Waals surface area contributed by atoms with E-state index in [0.717, 1.165) is 12.8 Å². The Hall–Kier alpha value is -2.22. The molecule has 1 aliphatic carbocycles. The molecule has 2 N–H and O–H groups in total. The van der Waals surface area contributed by atoms with Gasteiger partial charge in [-0.15, -0.1) is 6.42 Å². The molecule has 0 aliphatic heterocycles. The Labute approximate surface area is 131 Å². The van der Waals surface area contributed by atoms with Crippen LogP contribution in [0.1, 0.15) is 32.1 Å². The van der Waals surface area contributed by atoms with Crippen molar-refractivity contribution in [2.45, 2.75) is 38.1 Å². The van der Waals surface area contributed by atoms with Crippen molar-refractivity contribution in [1.82, 2.24) is 5.32 Å². The molecule has 5 heteroatoms. The number of halogens is 1. The largest absolute Gasteiger partial charge is 0.369 e. The van der Waals surface area contributed by atoms with Gasteiger partial charge in [-0.25, -0.2) is 9.18 Å². The van der Waals surface area contributed by atoms with Gasteiger partial charge in [-0.05, 0) is 31.0 Å². The second-order valence-corrected chi connectivity index (χ2v) is 5.58. The van der Waals surface area contributed by atoms with Crippen molar-refractivity contribution >= 4 is 17.4 Å². The SMILES string of the molecule is C#CCNC(=O)Nc1ccc(N(C)C2CCCCC2)c(F)c1. The molecular formula is C17H22FN3O. The van der Waals surface area contributed by atoms with Crippen LogP contribution in [0.5, 0.6) is 0 Å². The number of anilines is 2. The van der Waals surface area contributed by atoms with E-state index < -0.39 is 6.03 Å². The number of nitrogens with zero attached hydrogens (tertiary/aromatic N) is 1. The molecule has 1 aliphatic rings. The molecule has 0 heterocycles. The molecule has 1 aromatic rings. The number of hydrogen-bond acceptors (Lipinski definition) is 2. The Balaban J connectivity index is 2.02. The molecule has 0 spiro atoms. The smallest absolute Gasteiger partial charge is 0.319 e. The first-order valence-corrected chi connectivity index (χ1v) is 7.62. The fraction of sp³-hybridized carbons (Fsp3) is 0.471. The Kier molecular flexibility index (Phi) is 5.65. The van der Waals surface area contributed by atoms with E-state index in [2.05, 4.69) is 16.6 Å². The van der Waals surface area contributed by atoms with Crippen LogP contribution in [0.15, 0.2) is 18.2 Å². The molecule has 0 aromatic heterocycles. The first-order chi connectivity index (χ1) is 10.6. The lowest BCUT2D eigenvalue weighted by Gasteiger charge is -2.33. The van der Waals surface area contributed by atoms with Crippen LogP contribution in [0.2, 0.25) is 0 Å². The highest BCUT2D eigenvalue weighted by Gasteiger charge is 2.20. The molecule has 0 bridgehead atoms. The molecule has 1 fully saturated rings. The Morgan fingerprint density at radius 1 is 1.41 bits per heavy atom. The van der Waals surface area contributed by atoms with Gasteiger partial charge in [0, 0.05) is 18.8 Å². The number of amides is 2. The molecule has 2 amide bonds. The summed E-state index contributed by atoms with van der Waals surface area (Å²) < 4.78 is 14.3. The molecule has 1 aromatic carbocycles. The summed E-state index contributed by atoms with van der Waals surface area (Å²) >= 11 is 0. The molecule has 2 rings (SSSR count). The lowest BCUT2D eigenvalue weighted by atomic mass is 9.94. The number of nitrogens with one attached hydrogen (secondary N) is 2. The van der Waals surface area contributed by atoms with E-state index in [0.29, 0.717) is 17.4 Å². The zero-order valence-electron chi connectivity index (χ0n) is 12.9. The fourth-order valence-electron chi connectivity index (χ4n) is 2.84. The third-order valence-electron chi connectivity index (χ3n) is 4.06. The van der Waals surface area contributed by atoms with E-state index in [1.807, 2.05) is 11.9 Å². The van der Waals surface area contributed by atoms with Crippen LogP contribution in [0.25, 0.3) is 0 Å². The number of benzene rings is 1. The monoisotopic (exact) mass is 303 g/mol. The summed E-state index contributed by atoms with van der Waals surface area (Å²) in [5.74, 6) is 1.97. The third kappa shape index (κ3) is 4.14. The molecule has 22 heavy (non-hydrogen) atoms. The van der Waals surface area contributed by atoms with Gasteiger partial charge in [0.25, 0.3) is 0 Å². The predicted octanol–water partition coefficient (Wildman–Crippen LogP) is 3.35. The van der Waals surface area contributed by atoms with Crippen LogP contribution >= 0.6 is 0 Å². The van der Waals surface area contributed by atoms with Gasteiger partial charge in [0.1, 0.15) is 5.82 Å². The average Bonchev–Trinajstić information content (AvgIpc) is 2.53. The van der Waals surface area contributed by atoms with Crippen LogP contribution in [0.3, 0.4) is 0 Å². The van der Waals surface area contributed by atoms with Crippen molar-refractivity contribution in [2.75, 3.05) is 23.8 Å². The van der Waals surface area contributed by atoms with Gasteiger partial charge < -0.3 is 15.5 Å². The highest BCUT2D eigenvalue weighted by Crippen LogP contribution is 2.29. The molecular weight excluding hydrogens is 281 g/mol. The molecule has 1 saturated carbocycles. The Bertz CT molecular complexity index is 562. The molecule has 0 atom stereocenters. The second-order valence-electron chi connectivity index (χ2n) is 5.58. The van der Waals surface area contributed by atoms with Gasteiger partial charge in [-0.1, -0.05) is 25.2 Å². The van der Waals surface area contributed by atoms with Crippen LogP contribution < -0.4 is 15.5 Å². The van der Waals surface area contributed by atoms with Crippen molar-refractivity contribution in [3.8, 4) is 12.3 Å². The molecule has 0 saturated heterocycles. The van der Waals surface area contributed by atoms with E-state index in [1.165, 1.54) is 25.3 Å². The summed E-state index contributed by atoms with van der Waals surface area (Å²) in [5.41, 5.74) is 0.981. The van der Waals surface area contributed by atoms with Crippen molar-refractivity contribution in [1.29, 1.82) is 0 Å². The van der Waals surface area contributed by atoms with Gasteiger partial charge in [0.05, 0.1) is 12.2 Å². The molecule has 4 nitrogen and oxygen atoms in total. The molecule has 118 valence electrons. The Morgan fingerprint density at radius 2 is 2.14 bits per heavy atom. The van der Waals surface area contributed by atoms with Gasteiger partial charge >= 0.3 is 6.03 Å². The third-order valence-corrected chi connectivity index (χ3v) is 4.06. The summed E-state index contributed by atoms with van der Waals surface area (Å²) in [6.07, 6.45) is 10.9. The second kappa shape index (κ2) is 7.69. The fourth-order valence-corrected chi connectivity index (χ4v) is 2.84. The lowest BCUT2D eigenvalue weighted by Crippen LogP contribution is -2.34. The summed E-state index contributed by atoms with van der Waals surface area (Å²) in [6, 6.07) is 4.70. The van der Waals surface area contributed by atoms with Crippen LogP contribution in [-0.2, 0) is 0 Å². The van der Waals surface area contributed by atoms with Crippen molar-refractivity contribution in [3.05, 3.63) is 24.0 Å².